The second kappa shape index (κ2) is 12.1. The minimum absolute atomic E-state index is 0.0879. The number of carbonyl (C=O) groups is 1. The van der Waals surface area contributed by atoms with Crippen LogP contribution in [0.25, 0.3) is 0 Å². The molecule has 4 rings (SSSR count). The molecule has 0 aliphatic carbocycles. The molecule has 0 radical (unpaired) electrons. The maximum Gasteiger partial charge on any atom is 0.227 e. The number of nitrogens with one attached hydrogen (secondary N) is 1. The van der Waals surface area contributed by atoms with Crippen LogP contribution >= 0.6 is 0 Å². The molecule has 3 aromatic rings. The summed E-state index contributed by atoms with van der Waals surface area (Å²) in [4.78, 5) is 18.7. The molecule has 2 unspecified atom stereocenters. The number of hydrogen-bond donors (Lipinski definition) is 2. The summed E-state index contributed by atoms with van der Waals surface area (Å²) in [5.41, 5.74) is 1.20. The van der Waals surface area contributed by atoms with Gasteiger partial charge in [-0.15, -0.1) is 0 Å². The number of nitrogens with zero attached hydrogens (tertiary/aromatic N) is 2. The van der Waals surface area contributed by atoms with Crippen molar-refractivity contribution in [2.24, 2.45) is 0 Å². The van der Waals surface area contributed by atoms with Crippen LogP contribution in [0.1, 0.15) is 31.7 Å². The molecule has 36 heavy (non-hydrogen) atoms. The summed E-state index contributed by atoms with van der Waals surface area (Å²) in [5, 5.41) is 14.5. The van der Waals surface area contributed by atoms with E-state index in [0.717, 1.165) is 23.8 Å². The molecule has 2 heterocycles. The lowest BCUT2D eigenvalue weighted by Crippen LogP contribution is -2.52. The van der Waals surface area contributed by atoms with Gasteiger partial charge in [-0.25, -0.2) is 8.78 Å². The topological polar surface area (TPSA) is 74.7 Å². The molecule has 2 N–H and O–H groups in total. The van der Waals surface area contributed by atoms with Crippen molar-refractivity contribution in [3.63, 3.8) is 0 Å². The van der Waals surface area contributed by atoms with Gasteiger partial charge in [-0.3, -0.25) is 9.78 Å². The minimum atomic E-state index is -0.989. The number of aliphatic hydroxyl groups excluding tert-OH is 1. The van der Waals surface area contributed by atoms with Crippen molar-refractivity contribution in [2.75, 3.05) is 11.4 Å². The minimum Gasteiger partial charge on any atom is -0.487 e. The lowest BCUT2D eigenvalue weighted by atomic mass is 9.99. The second-order valence-electron chi connectivity index (χ2n) is 9.14. The second-order valence-corrected chi connectivity index (χ2v) is 9.14. The van der Waals surface area contributed by atoms with Gasteiger partial charge in [0.15, 0.2) is 0 Å². The van der Waals surface area contributed by atoms with Crippen molar-refractivity contribution in [3.8, 4) is 5.75 Å². The summed E-state index contributed by atoms with van der Waals surface area (Å²) in [5.74, 6) is -1.23. The number of pyridine rings is 1. The van der Waals surface area contributed by atoms with Crippen LogP contribution in [0, 0.1) is 11.6 Å². The Balaban J connectivity index is 1.45. The molecule has 1 aliphatic heterocycles. The number of aryl methyl sites for hydroxylation is 1. The van der Waals surface area contributed by atoms with Crippen molar-refractivity contribution in [3.05, 3.63) is 90.3 Å². The van der Waals surface area contributed by atoms with E-state index in [9.17, 15) is 18.7 Å². The number of aliphatic hydroxyl groups is 1. The third kappa shape index (κ3) is 6.65. The molecule has 1 saturated heterocycles. The number of aromatic nitrogens is 1. The van der Waals surface area contributed by atoms with E-state index < -0.39 is 23.8 Å². The first-order valence-corrected chi connectivity index (χ1v) is 12.2. The first kappa shape index (κ1) is 25.7. The van der Waals surface area contributed by atoms with Gasteiger partial charge >= 0.3 is 0 Å². The number of carbonyl (C=O) groups excluding carboxylic acids is 1. The van der Waals surface area contributed by atoms with E-state index in [4.69, 9.17) is 4.74 Å². The zero-order chi connectivity index (χ0) is 25.5. The number of anilines is 1. The van der Waals surface area contributed by atoms with Gasteiger partial charge in [0.25, 0.3) is 0 Å². The van der Waals surface area contributed by atoms with Crippen molar-refractivity contribution in [2.45, 2.75) is 56.9 Å². The lowest BCUT2D eigenvalue weighted by molar-refractivity contribution is -0.119. The highest BCUT2D eigenvalue weighted by molar-refractivity contribution is 5.94. The third-order valence-corrected chi connectivity index (χ3v) is 6.47. The number of hydrogen-bond acceptors (Lipinski definition) is 5. The molecule has 190 valence electrons. The fourth-order valence-electron chi connectivity index (χ4n) is 4.67. The number of amides is 1. The molecule has 8 heteroatoms. The SMILES string of the molecule is CC(C(O)[C@H]1C[C@@H](Oc2cccnc2)CN1)N(C(=O)CCCc1ccccc1)c1cc(F)cc(F)c1. The monoisotopic (exact) mass is 495 g/mol. The van der Waals surface area contributed by atoms with Gasteiger partial charge in [0, 0.05) is 43.4 Å². The number of benzene rings is 2. The predicted molar refractivity (Wildman–Crippen MR) is 134 cm³/mol. The van der Waals surface area contributed by atoms with Crippen molar-refractivity contribution in [1.29, 1.82) is 0 Å². The van der Waals surface area contributed by atoms with Crippen LogP contribution in [0.2, 0.25) is 0 Å². The summed E-state index contributed by atoms with van der Waals surface area (Å²) in [7, 11) is 0. The van der Waals surface area contributed by atoms with Crippen LogP contribution in [-0.2, 0) is 11.2 Å². The molecule has 4 atom stereocenters. The van der Waals surface area contributed by atoms with Gasteiger partial charge in [0.05, 0.1) is 18.3 Å². The predicted octanol–water partition coefficient (Wildman–Crippen LogP) is 4.27. The molecular weight excluding hydrogens is 464 g/mol. The highest BCUT2D eigenvalue weighted by Gasteiger charge is 2.37. The van der Waals surface area contributed by atoms with Crippen LogP contribution in [0.3, 0.4) is 0 Å². The average molecular weight is 496 g/mol. The van der Waals surface area contributed by atoms with Gasteiger partial charge in [0.1, 0.15) is 23.5 Å². The van der Waals surface area contributed by atoms with Crippen LogP contribution in [0.15, 0.2) is 73.1 Å². The summed E-state index contributed by atoms with van der Waals surface area (Å²) < 4.78 is 34.1. The molecule has 1 aliphatic rings. The van der Waals surface area contributed by atoms with E-state index >= 15 is 0 Å². The van der Waals surface area contributed by atoms with Gasteiger partial charge in [-0.2, -0.15) is 0 Å². The van der Waals surface area contributed by atoms with Crippen LogP contribution < -0.4 is 15.0 Å². The van der Waals surface area contributed by atoms with Crippen LogP contribution in [0.4, 0.5) is 14.5 Å². The van der Waals surface area contributed by atoms with Crippen molar-refractivity contribution >= 4 is 11.6 Å². The zero-order valence-electron chi connectivity index (χ0n) is 20.2. The summed E-state index contributed by atoms with van der Waals surface area (Å²) in [6.45, 7) is 2.21. The largest absolute Gasteiger partial charge is 0.487 e. The molecular formula is C28H31F2N3O3. The Morgan fingerprint density at radius 3 is 2.61 bits per heavy atom. The molecule has 0 bridgehead atoms. The summed E-state index contributed by atoms with van der Waals surface area (Å²) in [6.07, 6.45) is 4.08. The highest BCUT2D eigenvalue weighted by Crippen LogP contribution is 2.26. The van der Waals surface area contributed by atoms with Gasteiger partial charge < -0.3 is 20.1 Å². The molecule has 0 spiro atoms. The summed E-state index contributed by atoms with van der Waals surface area (Å²) >= 11 is 0. The van der Waals surface area contributed by atoms with E-state index in [1.165, 1.54) is 4.90 Å². The Hall–Kier alpha value is -3.36. The molecule has 1 aromatic heterocycles. The van der Waals surface area contributed by atoms with E-state index in [2.05, 4.69) is 10.3 Å². The third-order valence-electron chi connectivity index (χ3n) is 6.47. The molecule has 2 aromatic carbocycles. The van der Waals surface area contributed by atoms with Crippen LogP contribution in [-0.4, -0.2) is 46.8 Å². The standard InChI is InChI=1S/C28H31F2N3O3/c1-19(28(35)26-16-25(18-32-26)36-24-10-6-12-31-17-24)33(23-14-21(29)13-22(30)15-23)27(34)11-5-9-20-7-3-2-4-8-20/h2-4,6-8,10,12-15,17,19,25-26,28,32,35H,5,9,11,16,18H2,1H3/t19?,25-,26-,28?/m1/s1. The van der Waals surface area contributed by atoms with Crippen molar-refractivity contribution < 1.29 is 23.4 Å². The Kier molecular flexibility index (Phi) is 8.61. The van der Waals surface area contributed by atoms with Gasteiger partial charge in [0.2, 0.25) is 5.91 Å². The maximum atomic E-state index is 14.1. The zero-order valence-corrected chi connectivity index (χ0v) is 20.2. The van der Waals surface area contributed by atoms with Gasteiger partial charge in [-0.05, 0) is 49.6 Å². The summed E-state index contributed by atoms with van der Waals surface area (Å²) in [6, 6.07) is 15.3. The van der Waals surface area contributed by atoms with E-state index in [0.29, 0.717) is 31.6 Å². The van der Waals surface area contributed by atoms with E-state index in [-0.39, 0.29) is 30.2 Å². The first-order chi connectivity index (χ1) is 17.4. The first-order valence-electron chi connectivity index (χ1n) is 12.2. The normalized spacial score (nSPS) is 19.0. The molecule has 6 nitrogen and oxygen atoms in total. The van der Waals surface area contributed by atoms with E-state index in [1.54, 1.807) is 25.4 Å². The van der Waals surface area contributed by atoms with E-state index in [1.807, 2.05) is 36.4 Å². The highest BCUT2D eigenvalue weighted by atomic mass is 19.1. The smallest absolute Gasteiger partial charge is 0.227 e. The number of halogens is 2. The van der Waals surface area contributed by atoms with Crippen LogP contribution in [0.5, 0.6) is 5.75 Å². The lowest BCUT2D eigenvalue weighted by Gasteiger charge is -2.35. The fourth-order valence-corrected chi connectivity index (χ4v) is 4.67. The quantitative estimate of drug-likeness (QED) is 0.439. The molecule has 0 saturated carbocycles. The Labute approximate surface area is 209 Å². The number of rotatable bonds is 10. The molecule has 1 amide bonds. The Morgan fingerprint density at radius 2 is 1.92 bits per heavy atom. The fraction of sp³-hybridized carbons (Fsp3) is 0.357. The Morgan fingerprint density at radius 1 is 1.17 bits per heavy atom. The molecule has 1 fully saturated rings. The Bertz CT molecular complexity index is 1110. The van der Waals surface area contributed by atoms with Gasteiger partial charge in [-0.1, -0.05) is 30.3 Å². The maximum absolute atomic E-state index is 14.1. The average Bonchev–Trinajstić information content (AvgIpc) is 3.33. The number of ether oxygens (including phenoxy) is 1. The van der Waals surface area contributed by atoms with Crippen molar-refractivity contribution in [1.82, 2.24) is 10.3 Å².